The number of methoxy groups -OCH3 is 2. The van der Waals surface area contributed by atoms with Crippen molar-refractivity contribution in [2.45, 2.75) is 0 Å². The van der Waals surface area contributed by atoms with E-state index in [4.69, 9.17) is 21.1 Å². The molecule has 21 heavy (non-hydrogen) atoms. The molecule has 2 rings (SSSR count). The third-order valence-electron chi connectivity index (χ3n) is 2.89. The molecule has 0 aliphatic rings. The first-order chi connectivity index (χ1) is 9.97. The molecule has 0 saturated heterocycles. The van der Waals surface area contributed by atoms with Crippen LogP contribution in [0.5, 0.6) is 11.5 Å². The molecule has 0 bridgehead atoms. The Kier molecular flexibility index (Phi) is 4.43. The van der Waals surface area contributed by atoms with Crippen LogP contribution in [0.2, 0.25) is 5.02 Å². The van der Waals surface area contributed by atoms with Gasteiger partial charge in [0.05, 0.1) is 25.3 Å². The van der Waals surface area contributed by atoms with E-state index in [1.165, 1.54) is 20.3 Å². The van der Waals surface area contributed by atoms with Crippen LogP contribution in [0.4, 0.5) is 8.78 Å². The predicted octanol–water partition coefficient (Wildman–Crippen LogP) is 3.87. The molecule has 0 amide bonds. The van der Waals surface area contributed by atoms with Crippen LogP contribution in [0.25, 0.3) is 0 Å². The van der Waals surface area contributed by atoms with Crippen molar-refractivity contribution in [3.63, 3.8) is 0 Å². The van der Waals surface area contributed by atoms with Crippen LogP contribution >= 0.6 is 11.6 Å². The van der Waals surface area contributed by atoms with Crippen LogP contribution in [0.3, 0.4) is 0 Å². The van der Waals surface area contributed by atoms with Crippen molar-refractivity contribution in [3.05, 3.63) is 58.1 Å². The Morgan fingerprint density at radius 3 is 2.14 bits per heavy atom. The Labute approximate surface area is 125 Å². The molecule has 3 nitrogen and oxygen atoms in total. The van der Waals surface area contributed by atoms with Gasteiger partial charge in [-0.2, -0.15) is 0 Å². The molecule has 0 aromatic heterocycles. The van der Waals surface area contributed by atoms with E-state index >= 15 is 0 Å². The van der Waals surface area contributed by atoms with E-state index in [1.54, 1.807) is 0 Å². The highest BCUT2D eigenvalue weighted by Gasteiger charge is 2.21. The van der Waals surface area contributed by atoms with Gasteiger partial charge in [0.25, 0.3) is 0 Å². The van der Waals surface area contributed by atoms with E-state index in [0.717, 1.165) is 24.3 Å². The minimum atomic E-state index is -0.836. The molecule has 6 heteroatoms. The number of halogens is 3. The summed E-state index contributed by atoms with van der Waals surface area (Å²) < 4.78 is 37.7. The second kappa shape index (κ2) is 6.10. The summed E-state index contributed by atoms with van der Waals surface area (Å²) in [6.45, 7) is 0. The minimum absolute atomic E-state index is 0.137. The van der Waals surface area contributed by atoms with Gasteiger partial charge in [0.1, 0.15) is 11.6 Å². The number of hydrogen-bond donors (Lipinski definition) is 0. The molecule has 0 unspecified atom stereocenters. The lowest BCUT2D eigenvalue weighted by atomic mass is 10.0. The summed E-state index contributed by atoms with van der Waals surface area (Å²) in [5.41, 5.74) is -0.637. The van der Waals surface area contributed by atoms with Crippen molar-refractivity contribution in [1.29, 1.82) is 0 Å². The Hall–Kier alpha value is -2.14. The highest BCUT2D eigenvalue weighted by Crippen LogP contribution is 2.31. The molecular formula is C15H11ClF2O3. The molecule has 2 aromatic carbocycles. The van der Waals surface area contributed by atoms with Crippen molar-refractivity contribution >= 4 is 17.4 Å². The van der Waals surface area contributed by atoms with Crippen LogP contribution in [-0.2, 0) is 0 Å². The SMILES string of the molecule is COc1cc(F)c(C(=O)c2cc(Cl)ccc2F)cc1OC. The summed E-state index contributed by atoms with van der Waals surface area (Å²) in [5.74, 6) is -2.13. The molecule has 110 valence electrons. The summed E-state index contributed by atoms with van der Waals surface area (Å²) in [4.78, 5) is 12.3. The van der Waals surface area contributed by atoms with Crippen molar-refractivity contribution in [3.8, 4) is 11.5 Å². The molecule has 0 atom stereocenters. The zero-order chi connectivity index (χ0) is 15.6. The second-order valence-electron chi connectivity index (χ2n) is 4.14. The quantitative estimate of drug-likeness (QED) is 0.804. The number of ether oxygens (including phenoxy) is 2. The molecule has 0 saturated carbocycles. The summed E-state index contributed by atoms with van der Waals surface area (Å²) in [6.07, 6.45) is 0. The third kappa shape index (κ3) is 2.97. The smallest absolute Gasteiger partial charge is 0.199 e. The minimum Gasteiger partial charge on any atom is -0.493 e. The number of carbonyl (C=O) groups excluding carboxylic acids is 1. The fraction of sp³-hybridized carbons (Fsp3) is 0.133. The average molecular weight is 313 g/mol. The van der Waals surface area contributed by atoms with Crippen LogP contribution in [-0.4, -0.2) is 20.0 Å². The number of hydrogen-bond acceptors (Lipinski definition) is 3. The van der Waals surface area contributed by atoms with Gasteiger partial charge in [-0.05, 0) is 24.3 Å². The van der Waals surface area contributed by atoms with Crippen molar-refractivity contribution in [2.24, 2.45) is 0 Å². The Balaban J connectivity index is 2.55. The fourth-order valence-electron chi connectivity index (χ4n) is 1.84. The Morgan fingerprint density at radius 2 is 1.52 bits per heavy atom. The van der Waals surface area contributed by atoms with Gasteiger partial charge in [-0.3, -0.25) is 4.79 Å². The van der Waals surface area contributed by atoms with Gasteiger partial charge >= 0.3 is 0 Å². The third-order valence-corrected chi connectivity index (χ3v) is 3.13. The lowest BCUT2D eigenvalue weighted by molar-refractivity contribution is 0.103. The maximum absolute atomic E-state index is 14.0. The van der Waals surface area contributed by atoms with E-state index in [0.29, 0.717) is 0 Å². The predicted molar refractivity (Wildman–Crippen MR) is 74.3 cm³/mol. The van der Waals surface area contributed by atoms with Gasteiger partial charge in [-0.15, -0.1) is 0 Å². The lowest BCUT2D eigenvalue weighted by Crippen LogP contribution is -2.08. The molecular weight excluding hydrogens is 302 g/mol. The van der Waals surface area contributed by atoms with Crippen molar-refractivity contribution in [2.75, 3.05) is 14.2 Å². The summed E-state index contributed by atoms with van der Waals surface area (Å²) in [6, 6.07) is 5.67. The molecule has 0 aliphatic heterocycles. The van der Waals surface area contributed by atoms with Crippen LogP contribution in [0.15, 0.2) is 30.3 Å². The van der Waals surface area contributed by atoms with Gasteiger partial charge < -0.3 is 9.47 Å². The average Bonchev–Trinajstić information content (AvgIpc) is 2.48. The zero-order valence-electron chi connectivity index (χ0n) is 11.2. The largest absolute Gasteiger partial charge is 0.493 e. The molecule has 0 N–H and O–H groups in total. The van der Waals surface area contributed by atoms with Gasteiger partial charge in [0, 0.05) is 11.1 Å². The topological polar surface area (TPSA) is 35.5 Å². The van der Waals surface area contributed by atoms with Gasteiger partial charge in [-0.1, -0.05) is 11.6 Å². The number of rotatable bonds is 4. The molecule has 0 heterocycles. The molecule has 2 aromatic rings. The first-order valence-corrected chi connectivity index (χ1v) is 6.27. The van der Waals surface area contributed by atoms with Crippen molar-refractivity contribution < 1.29 is 23.0 Å². The van der Waals surface area contributed by atoms with Crippen LogP contribution < -0.4 is 9.47 Å². The highest BCUT2D eigenvalue weighted by molar-refractivity contribution is 6.31. The normalized spacial score (nSPS) is 10.3. The van der Waals surface area contributed by atoms with Gasteiger partial charge in [-0.25, -0.2) is 8.78 Å². The lowest BCUT2D eigenvalue weighted by Gasteiger charge is -2.11. The molecule has 0 fully saturated rings. The first-order valence-electron chi connectivity index (χ1n) is 5.89. The maximum Gasteiger partial charge on any atom is 0.199 e. The van der Waals surface area contributed by atoms with E-state index in [-0.39, 0.29) is 27.6 Å². The Morgan fingerprint density at radius 1 is 0.952 bits per heavy atom. The van der Waals surface area contributed by atoms with Crippen molar-refractivity contribution in [1.82, 2.24) is 0 Å². The van der Waals surface area contributed by atoms with E-state index in [1.807, 2.05) is 0 Å². The summed E-state index contributed by atoms with van der Waals surface area (Å²) in [7, 11) is 2.69. The fourth-order valence-corrected chi connectivity index (χ4v) is 2.02. The molecule has 0 spiro atoms. The number of ketones is 1. The van der Waals surface area contributed by atoms with Crippen LogP contribution in [0.1, 0.15) is 15.9 Å². The van der Waals surface area contributed by atoms with Crippen LogP contribution in [0, 0.1) is 11.6 Å². The number of carbonyl (C=O) groups is 1. The van der Waals surface area contributed by atoms with E-state index < -0.39 is 17.4 Å². The molecule has 0 radical (unpaired) electrons. The Bertz CT molecular complexity index is 702. The molecule has 0 aliphatic carbocycles. The van der Waals surface area contributed by atoms with E-state index in [9.17, 15) is 13.6 Å². The summed E-state index contributed by atoms with van der Waals surface area (Å²) >= 11 is 5.74. The summed E-state index contributed by atoms with van der Waals surface area (Å²) in [5, 5.41) is 0.181. The number of benzene rings is 2. The van der Waals surface area contributed by atoms with Gasteiger partial charge in [0.2, 0.25) is 0 Å². The zero-order valence-corrected chi connectivity index (χ0v) is 12.0. The van der Waals surface area contributed by atoms with Gasteiger partial charge in [0.15, 0.2) is 17.3 Å². The monoisotopic (exact) mass is 312 g/mol. The highest BCUT2D eigenvalue weighted by atomic mass is 35.5. The standard InChI is InChI=1S/C15H11ClF2O3/c1-20-13-6-10(12(18)7-14(13)21-2)15(19)9-5-8(16)3-4-11(9)17/h3-7H,1-2H3. The first kappa shape index (κ1) is 15.3. The maximum atomic E-state index is 14.0. The van der Waals surface area contributed by atoms with E-state index in [2.05, 4.69) is 0 Å². The second-order valence-corrected chi connectivity index (χ2v) is 4.58.